The monoisotopic (exact) mass is 345 g/mol. The summed E-state index contributed by atoms with van der Waals surface area (Å²) in [6, 6.07) is 0. The van der Waals surface area contributed by atoms with Crippen LogP contribution < -0.4 is 9.80 Å². The van der Waals surface area contributed by atoms with Gasteiger partial charge in [0.1, 0.15) is 0 Å². The molecular formula is C17H23N5OS. The Morgan fingerprint density at radius 1 is 1.12 bits per heavy atom. The summed E-state index contributed by atoms with van der Waals surface area (Å²) in [5, 5.41) is 3.14. The van der Waals surface area contributed by atoms with Crippen molar-refractivity contribution in [1.82, 2.24) is 15.0 Å². The Bertz CT molecular complexity index is 662. The third-order valence-electron chi connectivity index (χ3n) is 4.84. The highest BCUT2D eigenvalue weighted by Gasteiger charge is 2.40. The molecular weight excluding hydrogens is 322 g/mol. The molecule has 0 saturated carbocycles. The van der Waals surface area contributed by atoms with E-state index in [4.69, 9.17) is 4.74 Å². The number of aryl methyl sites for hydroxylation is 1. The summed E-state index contributed by atoms with van der Waals surface area (Å²) >= 11 is 1.71. The number of aromatic nitrogens is 3. The van der Waals surface area contributed by atoms with Gasteiger partial charge in [-0.05, 0) is 25.3 Å². The first-order chi connectivity index (χ1) is 11.7. The van der Waals surface area contributed by atoms with E-state index in [9.17, 15) is 0 Å². The number of nitrogens with zero attached hydrogens (tertiary/aromatic N) is 5. The molecule has 2 aliphatic heterocycles. The van der Waals surface area contributed by atoms with Gasteiger partial charge in [0.15, 0.2) is 5.13 Å². The lowest BCUT2D eigenvalue weighted by molar-refractivity contribution is 0.0596. The van der Waals surface area contributed by atoms with Gasteiger partial charge in [-0.3, -0.25) is 0 Å². The molecule has 0 bridgehead atoms. The van der Waals surface area contributed by atoms with Crippen LogP contribution in [0.1, 0.15) is 18.4 Å². The first-order valence-electron chi connectivity index (χ1n) is 8.50. The molecule has 0 aromatic carbocycles. The Morgan fingerprint density at radius 2 is 1.96 bits per heavy atom. The second-order valence-electron chi connectivity index (χ2n) is 6.87. The Hall–Kier alpha value is -1.73. The molecule has 2 aromatic heterocycles. The Kier molecular flexibility index (Phi) is 4.37. The van der Waals surface area contributed by atoms with Crippen LogP contribution in [-0.2, 0) is 4.74 Å². The molecule has 4 heterocycles. The molecule has 0 aliphatic carbocycles. The van der Waals surface area contributed by atoms with E-state index in [1.165, 1.54) is 6.42 Å². The molecule has 2 saturated heterocycles. The summed E-state index contributed by atoms with van der Waals surface area (Å²) in [5.41, 5.74) is 1.22. The predicted molar refractivity (Wildman–Crippen MR) is 95.8 cm³/mol. The molecule has 2 fully saturated rings. The summed E-state index contributed by atoms with van der Waals surface area (Å²) in [4.78, 5) is 18.2. The van der Waals surface area contributed by atoms with Gasteiger partial charge < -0.3 is 14.5 Å². The number of thiazole rings is 1. The van der Waals surface area contributed by atoms with E-state index in [2.05, 4.69) is 24.8 Å². The minimum Gasteiger partial charge on any atom is -0.379 e. The van der Waals surface area contributed by atoms with E-state index in [0.29, 0.717) is 0 Å². The Balaban J connectivity index is 1.55. The molecule has 4 rings (SSSR count). The van der Waals surface area contributed by atoms with Crippen LogP contribution in [0.25, 0.3) is 0 Å². The van der Waals surface area contributed by atoms with Crippen LogP contribution in [0.2, 0.25) is 0 Å². The van der Waals surface area contributed by atoms with Crippen molar-refractivity contribution in [3.05, 3.63) is 29.5 Å². The van der Waals surface area contributed by atoms with Gasteiger partial charge in [-0.2, -0.15) is 0 Å². The summed E-state index contributed by atoms with van der Waals surface area (Å²) in [7, 11) is 0. The average Bonchev–Trinajstić information content (AvgIpc) is 3.06. The van der Waals surface area contributed by atoms with Crippen molar-refractivity contribution in [3.8, 4) is 0 Å². The maximum atomic E-state index is 5.99. The Labute approximate surface area is 146 Å². The van der Waals surface area contributed by atoms with Crippen LogP contribution >= 0.6 is 11.3 Å². The van der Waals surface area contributed by atoms with Crippen LogP contribution in [0.15, 0.2) is 24.0 Å². The zero-order chi connectivity index (χ0) is 16.4. The fourth-order valence-electron chi connectivity index (χ4n) is 3.70. The minimum atomic E-state index is 0.120. The van der Waals surface area contributed by atoms with E-state index in [-0.39, 0.29) is 5.41 Å². The lowest BCUT2D eigenvalue weighted by Gasteiger charge is -2.43. The summed E-state index contributed by atoms with van der Waals surface area (Å²) < 4.78 is 5.99. The van der Waals surface area contributed by atoms with Gasteiger partial charge in [-0.1, -0.05) is 0 Å². The highest BCUT2D eigenvalue weighted by molar-refractivity contribution is 7.13. The van der Waals surface area contributed by atoms with Crippen LogP contribution in [0, 0.1) is 12.3 Å². The Morgan fingerprint density at radius 3 is 2.75 bits per heavy atom. The number of piperidine rings is 1. The largest absolute Gasteiger partial charge is 0.379 e. The third-order valence-corrected chi connectivity index (χ3v) is 5.67. The quantitative estimate of drug-likeness (QED) is 0.833. The van der Waals surface area contributed by atoms with Gasteiger partial charge in [-0.15, -0.1) is 11.3 Å². The topological polar surface area (TPSA) is 54.4 Å². The summed E-state index contributed by atoms with van der Waals surface area (Å²) in [6.45, 7) is 7.45. The SMILES string of the molecule is Cc1cnc(N2CCC[C@]3(COCCN(c4nccs4)C3)C2)nc1. The van der Waals surface area contributed by atoms with Gasteiger partial charge >= 0.3 is 0 Å². The van der Waals surface area contributed by atoms with E-state index in [0.717, 1.165) is 62.5 Å². The number of anilines is 2. The molecule has 1 spiro atoms. The average molecular weight is 345 g/mol. The van der Waals surface area contributed by atoms with Crippen molar-refractivity contribution >= 4 is 22.4 Å². The minimum absolute atomic E-state index is 0.120. The zero-order valence-corrected chi connectivity index (χ0v) is 14.8. The van der Waals surface area contributed by atoms with E-state index >= 15 is 0 Å². The van der Waals surface area contributed by atoms with Crippen molar-refractivity contribution in [2.24, 2.45) is 5.41 Å². The van der Waals surface area contributed by atoms with Crippen molar-refractivity contribution < 1.29 is 4.74 Å². The van der Waals surface area contributed by atoms with Crippen LogP contribution in [0.3, 0.4) is 0 Å². The number of hydrogen-bond donors (Lipinski definition) is 0. The lowest BCUT2D eigenvalue weighted by Crippen LogP contribution is -2.51. The van der Waals surface area contributed by atoms with Gasteiger partial charge in [0, 0.05) is 55.6 Å². The molecule has 0 N–H and O–H groups in total. The van der Waals surface area contributed by atoms with Crippen LogP contribution in [-0.4, -0.2) is 54.3 Å². The van der Waals surface area contributed by atoms with Crippen LogP contribution in [0.5, 0.6) is 0 Å². The number of rotatable bonds is 2. The van der Waals surface area contributed by atoms with Gasteiger partial charge in [0.05, 0.1) is 13.2 Å². The highest BCUT2D eigenvalue weighted by atomic mass is 32.1. The maximum Gasteiger partial charge on any atom is 0.225 e. The summed E-state index contributed by atoms with van der Waals surface area (Å²) in [6.07, 6.45) is 8.00. The lowest BCUT2D eigenvalue weighted by atomic mass is 9.80. The zero-order valence-electron chi connectivity index (χ0n) is 14.0. The number of hydrogen-bond acceptors (Lipinski definition) is 7. The van der Waals surface area contributed by atoms with E-state index in [1.54, 1.807) is 11.3 Å². The molecule has 2 aliphatic rings. The van der Waals surface area contributed by atoms with E-state index in [1.807, 2.05) is 30.9 Å². The molecule has 24 heavy (non-hydrogen) atoms. The van der Waals surface area contributed by atoms with Crippen molar-refractivity contribution in [2.75, 3.05) is 49.2 Å². The first kappa shape index (κ1) is 15.8. The van der Waals surface area contributed by atoms with Gasteiger partial charge in [0.2, 0.25) is 5.95 Å². The van der Waals surface area contributed by atoms with Gasteiger partial charge in [-0.25, -0.2) is 15.0 Å². The first-order valence-corrected chi connectivity index (χ1v) is 9.38. The summed E-state index contributed by atoms with van der Waals surface area (Å²) in [5.74, 6) is 0.838. The molecule has 0 unspecified atom stereocenters. The fourth-order valence-corrected chi connectivity index (χ4v) is 4.37. The smallest absolute Gasteiger partial charge is 0.225 e. The second-order valence-corrected chi connectivity index (χ2v) is 7.75. The van der Waals surface area contributed by atoms with Crippen molar-refractivity contribution in [1.29, 1.82) is 0 Å². The van der Waals surface area contributed by atoms with Crippen LogP contribution in [0.4, 0.5) is 11.1 Å². The molecule has 7 heteroatoms. The van der Waals surface area contributed by atoms with E-state index < -0.39 is 0 Å². The molecule has 0 radical (unpaired) electrons. The molecule has 128 valence electrons. The fraction of sp³-hybridized carbons (Fsp3) is 0.588. The molecule has 1 atom stereocenters. The van der Waals surface area contributed by atoms with Gasteiger partial charge in [0.25, 0.3) is 0 Å². The highest BCUT2D eigenvalue weighted by Crippen LogP contribution is 2.35. The standard InChI is InChI=1S/C17H23N5OS/c1-14-9-19-15(20-10-14)21-5-2-3-17(11-21)12-22(6-7-23-13-17)16-18-4-8-24-16/h4,8-10H,2-3,5-7,11-13H2,1H3/t17-/m0/s1. The normalized spacial score (nSPS) is 25.0. The van der Waals surface area contributed by atoms with Crippen molar-refractivity contribution in [3.63, 3.8) is 0 Å². The molecule has 6 nitrogen and oxygen atoms in total. The van der Waals surface area contributed by atoms with Crippen molar-refractivity contribution in [2.45, 2.75) is 19.8 Å². The maximum absolute atomic E-state index is 5.99. The predicted octanol–water partition coefficient (Wildman–Crippen LogP) is 2.36. The number of ether oxygens (including phenoxy) is 1. The second kappa shape index (κ2) is 6.64. The molecule has 2 aromatic rings. The molecule has 0 amide bonds. The third kappa shape index (κ3) is 3.23.